The molecule has 0 saturated heterocycles. The number of para-hydroxylation sites is 2. The normalized spacial score (nSPS) is 10.6. The van der Waals surface area contributed by atoms with Crippen molar-refractivity contribution in [3.8, 4) is 34.7 Å². The molecule has 14 N–H and O–H groups in total. The van der Waals surface area contributed by atoms with Crippen LogP contribution in [-0.2, 0) is 25.4 Å². The van der Waals surface area contributed by atoms with E-state index in [2.05, 4.69) is 81.5 Å². The summed E-state index contributed by atoms with van der Waals surface area (Å²) in [5.74, 6) is 1.37. The van der Waals surface area contributed by atoms with Crippen molar-refractivity contribution in [2.24, 2.45) is 0 Å². The second-order valence-corrected chi connectivity index (χ2v) is 17.7. The van der Waals surface area contributed by atoms with Gasteiger partial charge in [0.15, 0.2) is 11.6 Å². The van der Waals surface area contributed by atoms with Gasteiger partial charge in [-0.25, -0.2) is 19.9 Å². The molecule has 4 amide bonds. The van der Waals surface area contributed by atoms with Gasteiger partial charge in [0, 0.05) is 59.4 Å². The lowest BCUT2D eigenvalue weighted by atomic mass is 10.2. The standard InChI is InChI=1S/C10H14N4.C10H12N2O2.C8H7F3N4.C8H7F3N2O2S.C6H8N6.C4H6N2S/c1-5-6(2)12-9(11-5)10-13-7(3)8(4)14-10;1-7(13)11-9-5-3-4-6-10(9)12-8(2)14;1-4-2-5(13-12-4)6-3-7(15-14-6)8(9,10)11;1-4(14)12-5-2-16-3-6(5)13-7(15)8(9,10)11;1-3-7-5(11-9-3)6-8-4(2)10-12-6;5-3-1-7-2-4(3)6/h1-4H3,(H,11,12)(H,13,14);3-6H,1-2H3,(H,11,13)(H,12,14);2-3H,1H3,(H,12,13)(H,14,15);2-3H,1H3,(H,12,14)(H,13,15);1-2H3,(H,7,9,11)(H,8,10,12);1-2H,5-6H2. The third kappa shape index (κ3) is 19.5. The molecule has 0 fully saturated rings. The molecule has 1 aromatic carbocycles. The zero-order chi connectivity index (χ0) is 58.1. The van der Waals surface area contributed by atoms with Gasteiger partial charge in [0.2, 0.25) is 29.4 Å². The Morgan fingerprint density at radius 2 is 0.936 bits per heavy atom. The van der Waals surface area contributed by atoms with Gasteiger partial charge >= 0.3 is 18.3 Å². The van der Waals surface area contributed by atoms with Gasteiger partial charge in [0.1, 0.15) is 28.7 Å². The summed E-state index contributed by atoms with van der Waals surface area (Å²) < 4.78 is 72.5. The third-order valence-electron chi connectivity index (χ3n) is 9.48. The highest BCUT2D eigenvalue weighted by molar-refractivity contribution is 7.09. The van der Waals surface area contributed by atoms with Crippen LogP contribution in [0.3, 0.4) is 0 Å². The maximum Gasteiger partial charge on any atom is 0.471 e. The van der Waals surface area contributed by atoms with E-state index in [-0.39, 0.29) is 28.9 Å². The zero-order valence-corrected chi connectivity index (χ0v) is 44.9. The van der Waals surface area contributed by atoms with Gasteiger partial charge in [0.25, 0.3) is 0 Å². The van der Waals surface area contributed by atoms with E-state index in [0.717, 1.165) is 69.2 Å². The third-order valence-corrected chi connectivity index (χ3v) is 11.0. The van der Waals surface area contributed by atoms with Crippen molar-refractivity contribution in [3.05, 3.63) is 104 Å². The first-order valence-electron chi connectivity index (χ1n) is 22.4. The SMILES string of the molecule is CC(=O)Nc1ccccc1NC(C)=O.CC(=O)Nc1cscc1NC(=O)C(F)(F)F.Cc1cc(-c2cc(C(F)(F)F)[nH]n2)n[nH]1.Cc1nc(-c2n[nH]c(C)n2)n[nH]1.Cc1nc(-c2nc(C)c(C)[nH]2)[nH]c1C.Nc1cscc1N. The average molecular weight is 1130 g/mol. The first-order chi connectivity index (χ1) is 36.5. The Morgan fingerprint density at radius 1 is 0.526 bits per heavy atom. The number of imidazole rings is 2. The first kappa shape index (κ1) is 61.3. The van der Waals surface area contributed by atoms with E-state index in [1.165, 1.54) is 42.9 Å². The predicted molar refractivity (Wildman–Crippen MR) is 284 cm³/mol. The fraction of sp³-hybridized carbons (Fsp3) is 0.261. The van der Waals surface area contributed by atoms with Crippen LogP contribution in [0.2, 0.25) is 0 Å². The lowest BCUT2D eigenvalue weighted by Crippen LogP contribution is -2.30. The number of carbonyl (C=O) groups is 4. The molecule has 78 heavy (non-hydrogen) atoms. The Bertz CT molecular complexity index is 3220. The Balaban J connectivity index is 0.000000204. The van der Waals surface area contributed by atoms with E-state index < -0.39 is 29.9 Å². The molecule has 9 aromatic rings. The molecule has 8 heterocycles. The van der Waals surface area contributed by atoms with E-state index in [0.29, 0.717) is 40.1 Å². The van der Waals surface area contributed by atoms with Crippen molar-refractivity contribution in [2.75, 3.05) is 32.7 Å². The Morgan fingerprint density at radius 3 is 1.26 bits per heavy atom. The highest BCUT2D eigenvalue weighted by Crippen LogP contribution is 2.31. The van der Waals surface area contributed by atoms with Crippen molar-refractivity contribution >= 4 is 80.4 Å². The summed E-state index contributed by atoms with van der Waals surface area (Å²) in [5, 5.41) is 40.8. The number of benzene rings is 1. The summed E-state index contributed by atoms with van der Waals surface area (Å²) in [6, 6.07) is 9.58. The molecule has 0 radical (unpaired) electrons. The number of alkyl halides is 6. The second kappa shape index (κ2) is 27.5. The van der Waals surface area contributed by atoms with E-state index in [1.54, 1.807) is 42.6 Å². The average Bonchev–Trinajstić information content (AvgIpc) is 4.22. The first-order valence-corrected chi connectivity index (χ1v) is 24.3. The van der Waals surface area contributed by atoms with Crippen molar-refractivity contribution in [1.82, 2.24) is 70.7 Å². The van der Waals surface area contributed by atoms with Gasteiger partial charge in [-0.05, 0) is 72.7 Å². The Labute approximate surface area is 447 Å². The Kier molecular flexibility index (Phi) is 21.7. The topological polar surface area (TPSA) is 366 Å². The van der Waals surface area contributed by atoms with Crippen molar-refractivity contribution in [3.63, 3.8) is 0 Å². The second-order valence-electron chi connectivity index (χ2n) is 16.2. The molecule has 32 heteroatoms. The molecule has 0 aliphatic heterocycles. The molecule has 0 aliphatic carbocycles. The van der Waals surface area contributed by atoms with E-state index >= 15 is 0 Å². The lowest BCUT2D eigenvalue weighted by molar-refractivity contribution is -0.167. The number of anilines is 6. The zero-order valence-electron chi connectivity index (χ0n) is 43.2. The summed E-state index contributed by atoms with van der Waals surface area (Å²) in [4.78, 5) is 66.3. The largest absolute Gasteiger partial charge is 0.471 e. The van der Waals surface area contributed by atoms with E-state index in [4.69, 9.17) is 11.5 Å². The van der Waals surface area contributed by atoms with Crippen molar-refractivity contribution in [1.29, 1.82) is 0 Å². The molecular formula is C46H54F6N20O4S2. The molecule has 24 nitrogen and oxygen atoms in total. The number of carbonyl (C=O) groups excluding carboxylic acids is 4. The van der Waals surface area contributed by atoms with Crippen LogP contribution in [0.25, 0.3) is 34.7 Å². The van der Waals surface area contributed by atoms with Crippen LogP contribution in [0.15, 0.2) is 57.9 Å². The molecule has 9 rings (SSSR count). The number of aromatic amines is 6. The molecular weight excluding hydrogens is 1070 g/mol. The van der Waals surface area contributed by atoms with Gasteiger partial charge in [-0.15, -0.1) is 32.9 Å². The maximum atomic E-state index is 12.2. The smallest absolute Gasteiger partial charge is 0.396 e. The van der Waals surface area contributed by atoms with Crippen LogP contribution in [-0.4, -0.2) is 100 Å². The molecule has 0 unspecified atom stereocenters. The van der Waals surface area contributed by atoms with Crippen molar-refractivity contribution < 1.29 is 45.5 Å². The molecule has 0 aliphatic rings. The van der Waals surface area contributed by atoms with Crippen LogP contribution in [0, 0.1) is 48.5 Å². The van der Waals surface area contributed by atoms with Gasteiger partial charge < -0.3 is 42.7 Å². The fourth-order valence-electron chi connectivity index (χ4n) is 5.62. The summed E-state index contributed by atoms with van der Waals surface area (Å²) in [7, 11) is 0. The number of aryl methyl sites for hydroxylation is 7. The molecule has 0 bridgehead atoms. The van der Waals surface area contributed by atoms with Gasteiger partial charge in [0.05, 0.1) is 45.5 Å². The lowest BCUT2D eigenvalue weighted by Gasteiger charge is -2.09. The fourth-order valence-corrected chi connectivity index (χ4v) is 6.97. The minimum Gasteiger partial charge on any atom is -0.396 e. The van der Waals surface area contributed by atoms with Gasteiger partial charge in [-0.3, -0.25) is 39.6 Å². The molecule has 0 saturated carbocycles. The number of nitrogens with zero attached hydrogens (tertiary/aromatic N) is 8. The number of nitrogens with two attached hydrogens (primary N) is 2. The molecule has 0 atom stereocenters. The van der Waals surface area contributed by atoms with Crippen LogP contribution >= 0.6 is 22.7 Å². The van der Waals surface area contributed by atoms with E-state index in [9.17, 15) is 45.5 Å². The highest BCUT2D eigenvalue weighted by atomic mass is 32.1. The monoisotopic (exact) mass is 1130 g/mol. The molecule has 416 valence electrons. The van der Waals surface area contributed by atoms with Gasteiger partial charge in [-0.1, -0.05) is 12.1 Å². The summed E-state index contributed by atoms with van der Waals surface area (Å²) in [5.41, 5.74) is 18.0. The predicted octanol–water partition coefficient (Wildman–Crippen LogP) is 9.09. The number of rotatable bonds is 7. The van der Waals surface area contributed by atoms with Crippen LogP contribution < -0.4 is 32.7 Å². The number of thiophene rings is 2. The minimum absolute atomic E-state index is 0.0671. The van der Waals surface area contributed by atoms with Crippen LogP contribution in [0.4, 0.5) is 60.5 Å². The maximum absolute atomic E-state index is 12.2. The summed E-state index contributed by atoms with van der Waals surface area (Å²) >= 11 is 2.58. The molecule has 8 aromatic heterocycles. The summed E-state index contributed by atoms with van der Waals surface area (Å²) in [6.07, 6.45) is -9.36. The van der Waals surface area contributed by atoms with Gasteiger partial charge in [-0.2, -0.15) is 36.5 Å². The van der Waals surface area contributed by atoms with E-state index in [1.807, 2.05) is 57.4 Å². The number of aromatic nitrogens is 14. The number of hydrogen-bond donors (Lipinski definition) is 12. The minimum atomic E-state index is -4.95. The van der Waals surface area contributed by atoms with Crippen molar-refractivity contribution in [2.45, 2.75) is 81.6 Å². The molecule has 0 spiro atoms. The number of H-pyrrole nitrogens is 6. The summed E-state index contributed by atoms with van der Waals surface area (Å²) in [6.45, 7) is 17.5. The highest BCUT2D eigenvalue weighted by Gasteiger charge is 2.39. The number of amides is 4. The number of nitrogen functional groups attached to an aromatic ring is 2. The number of hydrogen-bond acceptors (Lipinski definition) is 16. The number of halogens is 6. The van der Waals surface area contributed by atoms with Crippen LogP contribution in [0.5, 0.6) is 0 Å². The number of nitrogens with one attached hydrogen (secondary N) is 10. The Hall–Kier alpha value is -9.20. The van der Waals surface area contributed by atoms with Crippen LogP contribution in [0.1, 0.15) is 66.6 Å². The quantitative estimate of drug-likeness (QED) is 0.0662.